The summed E-state index contributed by atoms with van der Waals surface area (Å²) in [5.74, 6) is 0.0608. The van der Waals surface area contributed by atoms with Gasteiger partial charge in [0.05, 0.1) is 19.3 Å². The number of hydrogen-bond donors (Lipinski definition) is 2. The van der Waals surface area contributed by atoms with E-state index in [1.165, 1.54) is 12.0 Å². The topological polar surface area (TPSA) is 59.0 Å². The van der Waals surface area contributed by atoms with E-state index in [4.69, 9.17) is 0 Å². The van der Waals surface area contributed by atoms with Gasteiger partial charge in [0.25, 0.3) is 0 Å². The molecular formula is C20H28N4O. The van der Waals surface area contributed by atoms with E-state index in [1.54, 1.807) is 0 Å². The standard InChI is InChI=1S/C20H28N4O/c1-16-11-23-24(13-16)14-17(2)21-12-19(25)22-15-20(9-6-10-20)18-7-4-3-5-8-18/h3-5,7-8,11,13,17,21H,6,9-10,12,14-15H2,1-2H3,(H,22,25). The summed E-state index contributed by atoms with van der Waals surface area (Å²) < 4.78 is 1.91. The third-order valence-corrected chi connectivity index (χ3v) is 5.16. The van der Waals surface area contributed by atoms with Gasteiger partial charge in [0.1, 0.15) is 0 Å². The number of carbonyl (C=O) groups excluding carboxylic acids is 1. The van der Waals surface area contributed by atoms with E-state index in [0.717, 1.165) is 31.5 Å². The Morgan fingerprint density at radius 1 is 1.32 bits per heavy atom. The molecule has 1 aromatic carbocycles. The Bertz CT molecular complexity index is 691. The molecule has 1 amide bonds. The first-order valence-corrected chi connectivity index (χ1v) is 9.12. The first-order chi connectivity index (χ1) is 12.1. The maximum atomic E-state index is 12.2. The van der Waals surface area contributed by atoms with Crippen LogP contribution in [0.25, 0.3) is 0 Å². The minimum Gasteiger partial charge on any atom is -0.354 e. The van der Waals surface area contributed by atoms with Crippen LogP contribution in [0.1, 0.15) is 37.3 Å². The predicted molar refractivity (Wildman–Crippen MR) is 99.4 cm³/mol. The third-order valence-electron chi connectivity index (χ3n) is 5.16. The maximum absolute atomic E-state index is 12.2. The van der Waals surface area contributed by atoms with Crippen LogP contribution in [0.5, 0.6) is 0 Å². The molecule has 5 nitrogen and oxygen atoms in total. The third kappa shape index (κ3) is 4.48. The van der Waals surface area contributed by atoms with E-state index in [1.807, 2.05) is 30.1 Å². The van der Waals surface area contributed by atoms with E-state index in [2.05, 4.69) is 46.9 Å². The molecule has 1 unspecified atom stereocenters. The van der Waals surface area contributed by atoms with Crippen molar-refractivity contribution in [3.05, 3.63) is 53.9 Å². The number of nitrogens with zero attached hydrogens (tertiary/aromatic N) is 2. The summed E-state index contributed by atoms with van der Waals surface area (Å²) >= 11 is 0. The van der Waals surface area contributed by atoms with Gasteiger partial charge in [-0.15, -0.1) is 0 Å². The second-order valence-electron chi connectivity index (χ2n) is 7.30. The number of amides is 1. The summed E-state index contributed by atoms with van der Waals surface area (Å²) in [5, 5.41) is 10.7. The molecule has 0 bridgehead atoms. The van der Waals surface area contributed by atoms with E-state index >= 15 is 0 Å². The summed E-state index contributed by atoms with van der Waals surface area (Å²) in [7, 11) is 0. The lowest BCUT2D eigenvalue weighted by atomic mass is 9.64. The molecule has 1 aromatic heterocycles. The molecular weight excluding hydrogens is 312 g/mol. The first-order valence-electron chi connectivity index (χ1n) is 9.12. The van der Waals surface area contributed by atoms with Gasteiger partial charge >= 0.3 is 0 Å². The molecule has 0 radical (unpaired) electrons. The van der Waals surface area contributed by atoms with Gasteiger partial charge in [-0.3, -0.25) is 9.48 Å². The fourth-order valence-electron chi connectivity index (χ4n) is 3.47. The average molecular weight is 340 g/mol. The van der Waals surface area contributed by atoms with Crippen molar-refractivity contribution < 1.29 is 4.79 Å². The van der Waals surface area contributed by atoms with E-state index < -0.39 is 0 Å². The normalized spacial score (nSPS) is 16.9. The van der Waals surface area contributed by atoms with Gasteiger partial charge in [0.15, 0.2) is 0 Å². The highest BCUT2D eigenvalue weighted by molar-refractivity contribution is 5.78. The Hall–Kier alpha value is -2.14. The Kier molecular flexibility index (Phi) is 5.53. The molecule has 1 saturated carbocycles. The summed E-state index contributed by atoms with van der Waals surface area (Å²) in [6.45, 7) is 5.92. The number of aromatic nitrogens is 2. The minimum atomic E-state index is 0.0608. The molecule has 5 heteroatoms. The monoisotopic (exact) mass is 340 g/mol. The Balaban J connectivity index is 1.43. The fourth-order valence-corrected chi connectivity index (χ4v) is 3.47. The number of rotatable bonds is 8. The molecule has 1 aliphatic rings. The Morgan fingerprint density at radius 3 is 2.68 bits per heavy atom. The molecule has 2 aromatic rings. The number of nitrogens with one attached hydrogen (secondary N) is 2. The molecule has 0 spiro atoms. The van der Waals surface area contributed by atoms with E-state index in [0.29, 0.717) is 6.54 Å². The molecule has 1 heterocycles. The van der Waals surface area contributed by atoms with Crippen molar-refractivity contribution in [2.24, 2.45) is 0 Å². The lowest BCUT2D eigenvalue weighted by Gasteiger charge is -2.42. The largest absolute Gasteiger partial charge is 0.354 e. The minimum absolute atomic E-state index is 0.0608. The van der Waals surface area contributed by atoms with E-state index in [9.17, 15) is 4.79 Å². The van der Waals surface area contributed by atoms with Gasteiger partial charge in [0.2, 0.25) is 5.91 Å². The molecule has 3 rings (SSSR count). The highest BCUT2D eigenvalue weighted by Crippen LogP contribution is 2.43. The van der Waals surface area contributed by atoms with Crippen molar-refractivity contribution in [2.75, 3.05) is 13.1 Å². The molecule has 1 aliphatic carbocycles. The lowest BCUT2D eigenvalue weighted by Crippen LogP contribution is -2.48. The zero-order valence-electron chi connectivity index (χ0n) is 15.2. The highest BCUT2D eigenvalue weighted by Gasteiger charge is 2.38. The van der Waals surface area contributed by atoms with Gasteiger partial charge in [-0.1, -0.05) is 36.8 Å². The number of aryl methyl sites for hydroxylation is 1. The van der Waals surface area contributed by atoms with Crippen molar-refractivity contribution in [3.63, 3.8) is 0 Å². The Morgan fingerprint density at radius 2 is 2.08 bits per heavy atom. The molecule has 1 atom stereocenters. The van der Waals surface area contributed by atoms with Crippen LogP contribution >= 0.6 is 0 Å². The molecule has 1 fully saturated rings. The van der Waals surface area contributed by atoms with Gasteiger partial charge < -0.3 is 10.6 Å². The van der Waals surface area contributed by atoms with Crippen LogP contribution in [0.4, 0.5) is 0 Å². The second-order valence-corrected chi connectivity index (χ2v) is 7.30. The van der Waals surface area contributed by atoms with Crippen LogP contribution in [-0.2, 0) is 16.8 Å². The zero-order valence-corrected chi connectivity index (χ0v) is 15.2. The smallest absolute Gasteiger partial charge is 0.233 e. The van der Waals surface area contributed by atoms with Gasteiger partial charge in [-0.25, -0.2) is 0 Å². The second kappa shape index (κ2) is 7.83. The quantitative estimate of drug-likeness (QED) is 0.776. The molecule has 0 saturated heterocycles. The molecule has 0 aliphatic heterocycles. The number of hydrogen-bond acceptors (Lipinski definition) is 3. The van der Waals surface area contributed by atoms with Crippen LogP contribution in [0.3, 0.4) is 0 Å². The van der Waals surface area contributed by atoms with Crippen LogP contribution in [0, 0.1) is 6.92 Å². The van der Waals surface area contributed by atoms with Crippen molar-refractivity contribution in [2.45, 2.75) is 51.1 Å². The Labute approximate surface area is 149 Å². The van der Waals surface area contributed by atoms with Crippen molar-refractivity contribution in [1.29, 1.82) is 0 Å². The van der Waals surface area contributed by atoms with Crippen LogP contribution in [0.2, 0.25) is 0 Å². The predicted octanol–water partition coefficient (Wildman–Crippen LogP) is 2.41. The number of carbonyl (C=O) groups is 1. The molecule has 134 valence electrons. The average Bonchev–Trinajstić information content (AvgIpc) is 2.98. The lowest BCUT2D eigenvalue weighted by molar-refractivity contribution is -0.120. The maximum Gasteiger partial charge on any atom is 0.233 e. The fraction of sp³-hybridized carbons (Fsp3) is 0.500. The SMILES string of the molecule is Cc1cnn(CC(C)NCC(=O)NCC2(c3ccccc3)CCC2)c1. The van der Waals surface area contributed by atoms with Gasteiger partial charge in [-0.2, -0.15) is 5.10 Å². The van der Waals surface area contributed by atoms with Crippen molar-refractivity contribution in [3.8, 4) is 0 Å². The molecule has 2 N–H and O–H groups in total. The zero-order chi connectivity index (χ0) is 17.7. The van der Waals surface area contributed by atoms with E-state index in [-0.39, 0.29) is 17.4 Å². The first kappa shape index (κ1) is 17.7. The van der Waals surface area contributed by atoms with Crippen LogP contribution in [-0.4, -0.2) is 34.8 Å². The van der Waals surface area contributed by atoms with Crippen LogP contribution < -0.4 is 10.6 Å². The molecule has 25 heavy (non-hydrogen) atoms. The summed E-state index contributed by atoms with van der Waals surface area (Å²) in [4.78, 5) is 12.2. The van der Waals surface area contributed by atoms with Crippen molar-refractivity contribution in [1.82, 2.24) is 20.4 Å². The van der Waals surface area contributed by atoms with Crippen LogP contribution in [0.15, 0.2) is 42.7 Å². The van der Waals surface area contributed by atoms with Gasteiger partial charge in [-0.05, 0) is 37.8 Å². The summed E-state index contributed by atoms with van der Waals surface area (Å²) in [6.07, 6.45) is 7.41. The highest BCUT2D eigenvalue weighted by atomic mass is 16.1. The van der Waals surface area contributed by atoms with Crippen molar-refractivity contribution >= 4 is 5.91 Å². The number of benzene rings is 1. The summed E-state index contributed by atoms with van der Waals surface area (Å²) in [6, 6.07) is 10.8. The summed E-state index contributed by atoms with van der Waals surface area (Å²) in [5.41, 5.74) is 2.63. The van der Waals surface area contributed by atoms with Gasteiger partial charge in [0, 0.05) is 24.2 Å².